The highest BCUT2D eigenvalue weighted by atomic mass is 16.3. The number of hydrogen-bond acceptors (Lipinski definition) is 4. The second-order valence-electron chi connectivity index (χ2n) is 15.1. The molecule has 2 unspecified atom stereocenters. The van der Waals surface area contributed by atoms with Crippen molar-refractivity contribution < 1.29 is 4.42 Å². The Morgan fingerprint density at radius 3 is 1.42 bits per heavy atom. The van der Waals surface area contributed by atoms with Crippen LogP contribution in [0.4, 0.5) is 0 Å². The molecule has 0 aliphatic carbocycles. The van der Waals surface area contributed by atoms with E-state index in [1.165, 1.54) is 43.7 Å². The van der Waals surface area contributed by atoms with Crippen LogP contribution in [-0.4, -0.2) is 9.13 Å². The molecule has 1 saturated heterocycles. The molecule has 0 saturated carbocycles. The normalized spacial score (nSPS) is 17.4. The Labute approximate surface area is 328 Å². The minimum atomic E-state index is -0.0900. The Hall–Kier alpha value is -6.96. The summed E-state index contributed by atoms with van der Waals surface area (Å²) in [5.41, 5.74) is 12.2. The van der Waals surface area contributed by atoms with E-state index in [2.05, 4.69) is 207 Å². The average molecular weight is 736 g/mol. The minimum Gasteiger partial charge on any atom is -0.456 e. The Bertz CT molecular complexity index is 3230. The number of rotatable bonds is 5. The summed E-state index contributed by atoms with van der Waals surface area (Å²) in [6, 6.07) is 67.4. The number of furan rings is 1. The number of aromatic nitrogens is 2. The van der Waals surface area contributed by atoms with Gasteiger partial charge >= 0.3 is 0 Å². The van der Waals surface area contributed by atoms with Crippen LogP contribution >= 0.6 is 0 Å². The molecule has 11 aromatic rings. The summed E-state index contributed by atoms with van der Waals surface area (Å²) in [4.78, 5) is 0. The molecule has 6 heteroatoms. The highest BCUT2D eigenvalue weighted by molar-refractivity contribution is 6.22. The van der Waals surface area contributed by atoms with Crippen LogP contribution in [0.1, 0.15) is 35.2 Å². The molecule has 8 aromatic carbocycles. The minimum absolute atomic E-state index is 0.0358. The van der Waals surface area contributed by atoms with E-state index >= 15 is 0 Å². The van der Waals surface area contributed by atoms with Crippen LogP contribution < -0.4 is 16.0 Å². The predicted octanol–water partition coefficient (Wildman–Crippen LogP) is 12.0. The van der Waals surface area contributed by atoms with Crippen molar-refractivity contribution in [3.63, 3.8) is 0 Å². The number of benzene rings is 8. The third-order valence-corrected chi connectivity index (χ3v) is 11.8. The monoisotopic (exact) mass is 735 g/mol. The summed E-state index contributed by atoms with van der Waals surface area (Å²) >= 11 is 0. The van der Waals surface area contributed by atoms with Crippen LogP contribution in [0.2, 0.25) is 0 Å². The van der Waals surface area contributed by atoms with Gasteiger partial charge in [-0.25, -0.2) is 0 Å². The van der Waals surface area contributed by atoms with Gasteiger partial charge in [-0.15, -0.1) is 0 Å². The van der Waals surface area contributed by atoms with Gasteiger partial charge in [0, 0.05) is 49.8 Å². The maximum atomic E-state index is 6.50. The van der Waals surface area contributed by atoms with Gasteiger partial charge in [0.1, 0.15) is 11.2 Å². The van der Waals surface area contributed by atoms with Crippen molar-refractivity contribution in [3.05, 3.63) is 205 Å². The van der Waals surface area contributed by atoms with Crippen LogP contribution in [0, 0.1) is 0 Å². The van der Waals surface area contributed by atoms with E-state index in [9.17, 15) is 0 Å². The van der Waals surface area contributed by atoms with Gasteiger partial charge in [0.2, 0.25) is 0 Å². The molecule has 3 aromatic heterocycles. The predicted molar refractivity (Wildman–Crippen MR) is 233 cm³/mol. The summed E-state index contributed by atoms with van der Waals surface area (Å²) in [5, 5.41) is 18.6. The third-order valence-electron chi connectivity index (χ3n) is 11.8. The van der Waals surface area contributed by atoms with Crippen LogP contribution in [0.5, 0.6) is 0 Å². The molecule has 3 N–H and O–H groups in total. The largest absolute Gasteiger partial charge is 0.456 e. The van der Waals surface area contributed by atoms with E-state index in [1.807, 2.05) is 6.07 Å². The highest BCUT2D eigenvalue weighted by Crippen LogP contribution is 2.42. The first-order chi connectivity index (χ1) is 28.2. The molecule has 272 valence electrons. The molecule has 57 heavy (non-hydrogen) atoms. The van der Waals surface area contributed by atoms with Crippen LogP contribution in [0.3, 0.4) is 0 Å². The van der Waals surface area contributed by atoms with Gasteiger partial charge in [-0.05, 0) is 71.3 Å². The van der Waals surface area contributed by atoms with Gasteiger partial charge in [-0.2, -0.15) is 0 Å². The SMILES string of the molecule is c1ccc(C2NC(c3ccccc3)NC(c3ccc(-n4c5cc6oc7ccccc7c6cc5c5cc6c(cc54)c4ccccc4n6-c4ccccc4)cc3)N2)cc1. The van der Waals surface area contributed by atoms with Crippen molar-refractivity contribution >= 4 is 65.6 Å². The lowest BCUT2D eigenvalue weighted by Crippen LogP contribution is -2.54. The van der Waals surface area contributed by atoms with E-state index in [4.69, 9.17) is 4.42 Å². The van der Waals surface area contributed by atoms with E-state index < -0.39 is 0 Å². The van der Waals surface area contributed by atoms with E-state index in [0.717, 1.165) is 49.9 Å². The molecule has 1 aliphatic rings. The zero-order valence-corrected chi connectivity index (χ0v) is 30.9. The topological polar surface area (TPSA) is 59.1 Å². The standard InChI is InChI=1S/C51H37N5O/c1-4-14-32(15-5-1)49-52-50(33-16-6-2-7-17-33)54-51(53-49)34-24-26-36(27-25-34)56-45-29-40-37-20-10-12-22-43(37)55(35-18-8-3-9-19-35)44(40)30-41(45)39-28-42-38-21-11-13-23-47(38)57-48(42)31-46(39)56/h1-31,49-54H. The third kappa shape index (κ3) is 5.16. The number of fused-ring (bicyclic) bond motifs is 9. The summed E-state index contributed by atoms with van der Waals surface area (Å²) in [6.45, 7) is 0. The molecule has 6 nitrogen and oxygen atoms in total. The van der Waals surface area contributed by atoms with Crippen molar-refractivity contribution in [2.75, 3.05) is 0 Å². The average Bonchev–Trinajstić information content (AvgIpc) is 3.92. The van der Waals surface area contributed by atoms with E-state index in [1.54, 1.807) is 0 Å². The lowest BCUT2D eigenvalue weighted by Gasteiger charge is -2.39. The summed E-state index contributed by atoms with van der Waals surface area (Å²) < 4.78 is 11.3. The first kappa shape index (κ1) is 32.3. The van der Waals surface area contributed by atoms with Crippen molar-refractivity contribution in [1.29, 1.82) is 0 Å². The fourth-order valence-electron chi connectivity index (χ4n) is 9.16. The lowest BCUT2D eigenvalue weighted by molar-refractivity contribution is 0.203. The van der Waals surface area contributed by atoms with Crippen molar-refractivity contribution in [1.82, 2.24) is 25.1 Å². The molecule has 1 aliphatic heterocycles. The van der Waals surface area contributed by atoms with Crippen LogP contribution in [0.15, 0.2) is 192 Å². The molecule has 0 bridgehead atoms. The van der Waals surface area contributed by atoms with Gasteiger partial charge in [0.05, 0.1) is 40.6 Å². The van der Waals surface area contributed by atoms with E-state index in [0.29, 0.717) is 0 Å². The molecule has 0 spiro atoms. The summed E-state index contributed by atoms with van der Waals surface area (Å²) in [6.07, 6.45) is -0.162. The van der Waals surface area contributed by atoms with Crippen molar-refractivity contribution in [2.45, 2.75) is 18.5 Å². The zero-order valence-electron chi connectivity index (χ0n) is 30.9. The maximum Gasteiger partial charge on any atom is 0.137 e. The van der Waals surface area contributed by atoms with Gasteiger partial charge in [0.25, 0.3) is 0 Å². The van der Waals surface area contributed by atoms with Gasteiger partial charge in [0.15, 0.2) is 0 Å². The second kappa shape index (κ2) is 12.8. The molecule has 12 rings (SSSR count). The van der Waals surface area contributed by atoms with Crippen LogP contribution in [0.25, 0.3) is 76.9 Å². The Morgan fingerprint density at radius 2 is 0.772 bits per heavy atom. The molecule has 0 radical (unpaired) electrons. The van der Waals surface area contributed by atoms with Crippen molar-refractivity contribution in [2.24, 2.45) is 0 Å². The first-order valence-electron chi connectivity index (χ1n) is 19.6. The lowest BCUT2D eigenvalue weighted by atomic mass is 10.0. The quantitative estimate of drug-likeness (QED) is 0.165. The number of nitrogens with zero attached hydrogens (tertiary/aromatic N) is 2. The van der Waals surface area contributed by atoms with E-state index in [-0.39, 0.29) is 18.5 Å². The van der Waals surface area contributed by atoms with Crippen molar-refractivity contribution in [3.8, 4) is 11.4 Å². The Kier molecular flexibility index (Phi) is 7.25. The number of nitrogens with one attached hydrogen (secondary N) is 3. The number of para-hydroxylation sites is 3. The van der Waals surface area contributed by atoms with Gasteiger partial charge in [-0.3, -0.25) is 16.0 Å². The smallest absolute Gasteiger partial charge is 0.137 e. The molecular formula is C51H37N5O. The Balaban J connectivity index is 1.05. The molecular weight excluding hydrogens is 699 g/mol. The zero-order chi connectivity index (χ0) is 37.5. The Morgan fingerprint density at radius 1 is 0.316 bits per heavy atom. The van der Waals surface area contributed by atoms with Gasteiger partial charge in [-0.1, -0.05) is 127 Å². The molecule has 4 heterocycles. The summed E-state index contributed by atoms with van der Waals surface area (Å²) in [7, 11) is 0. The first-order valence-corrected chi connectivity index (χ1v) is 19.6. The molecule has 2 atom stereocenters. The fourth-order valence-corrected chi connectivity index (χ4v) is 9.16. The summed E-state index contributed by atoms with van der Waals surface area (Å²) in [5.74, 6) is 0. The number of hydrogen-bond donors (Lipinski definition) is 3. The van der Waals surface area contributed by atoms with Gasteiger partial charge < -0.3 is 13.6 Å². The highest BCUT2D eigenvalue weighted by Gasteiger charge is 2.30. The fraction of sp³-hybridized carbons (Fsp3) is 0.0588. The molecule has 0 amide bonds. The maximum absolute atomic E-state index is 6.50. The molecule has 1 fully saturated rings. The second-order valence-corrected chi connectivity index (χ2v) is 15.1. The van der Waals surface area contributed by atoms with Crippen LogP contribution in [-0.2, 0) is 0 Å².